The van der Waals surface area contributed by atoms with Crippen molar-refractivity contribution in [2.75, 3.05) is 5.32 Å². The van der Waals surface area contributed by atoms with E-state index in [-0.39, 0.29) is 27.7 Å². The zero-order valence-electron chi connectivity index (χ0n) is 15.0. The molecule has 0 saturated carbocycles. The molecule has 0 unspecified atom stereocenters. The normalized spacial score (nSPS) is 14.4. The van der Waals surface area contributed by atoms with Gasteiger partial charge in [0.25, 0.3) is 21.8 Å². The standard InChI is InChI=1S/C20H17N3O4S/c1-13-4-2-5-14(10-13)12-21-19(24)15-7-8-18-16(11-15)22-20(25)17-6-3-9-23(17)28(18,26)27/h2-11H,12H2,1H3,(H,21,24)(H,22,25). The number of carbonyl (C=O) groups is 2. The molecule has 2 N–H and O–H groups in total. The van der Waals surface area contributed by atoms with E-state index < -0.39 is 15.9 Å². The van der Waals surface area contributed by atoms with E-state index in [9.17, 15) is 18.0 Å². The SMILES string of the molecule is Cc1cccc(CNC(=O)c2ccc3c(c2)NC(=O)c2cccn2S3(=O)=O)c1. The monoisotopic (exact) mass is 395 g/mol. The fraction of sp³-hybridized carbons (Fsp3) is 0.100. The zero-order valence-corrected chi connectivity index (χ0v) is 15.8. The highest BCUT2D eigenvalue weighted by Crippen LogP contribution is 2.29. The van der Waals surface area contributed by atoms with Crippen LogP contribution in [-0.2, 0) is 16.6 Å². The number of aromatic nitrogens is 1. The number of amides is 2. The van der Waals surface area contributed by atoms with Gasteiger partial charge in [0.05, 0.1) is 5.69 Å². The Morgan fingerprint density at radius 2 is 1.93 bits per heavy atom. The lowest BCUT2D eigenvalue weighted by Gasteiger charge is -2.11. The molecule has 3 aromatic rings. The first-order chi connectivity index (χ1) is 13.4. The number of nitrogens with one attached hydrogen (secondary N) is 2. The molecule has 4 rings (SSSR count). The summed E-state index contributed by atoms with van der Waals surface area (Å²) in [4.78, 5) is 24.8. The molecule has 0 bridgehead atoms. The topological polar surface area (TPSA) is 97.3 Å². The molecule has 1 aliphatic rings. The van der Waals surface area contributed by atoms with Crippen molar-refractivity contribution < 1.29 is 18.0 Å². The first-order valence-electron chi connectivity index (χ1n) is 8.58. The molecule has 2 heterocycles. The fourth-order valence-electron chi connectivity index (χ4n) is 3.14. The molecule has 0 atom stereocenters. The van der Waals surface area contributed by atoms with Crippen LogP contribution in [0.25, 0.3) is 0 Å². The first kappa shape index (κ1) is 18.0. The molecule has 0 radical (unpaired) electrons. The van der Waals surface area contributed by atoms with Crippen LogP contribution in [0.3, 0.4) is 0 Å². The third-order valence-electron chi connectivity index (χ3n) is 4.51. The van der Waals surface area contributed by atoms with Crippen molar-refractivity contribution in [3.63, 3.8) is 0 Å². The van der Waals surface area contributed by atoms with Crippen molar-refractivity contribution >= 4 is 27.5 Å². The lowest BCUT2D eigenvalue weighted by Crippen LogP contribution is -2.23. The van der Waals surface area contributed by atoms with Crippen LogP contribution in [0.4, 0.5) is 5.69 Å². The second kappa shape index (κ2) is 6.65. The maximum Gasteiger partial charge on any atom is 0.273 e. The third-order valence-corrected chi connectivity index (χ3v) is 6.26. The predicted octanol–water partition coefficient (Wildman–Crippen LogP) is 2.53. The number of aryl methyl sites for hydroxylation is 1. The molecule has 142 valence electrons. The lowest BCUT2D eigenvalue weighted by molar-refractivity contribution is 0.0949. The largest absolute Gasteiger partial charge is 0.348 e. The van der Waals surface area contributed by atoms with Gasteiger partial charge in [0.15, 0.2) is 0 Å². The number of anilines is 1. The fourth-order valence-corrected chi connectivity index (χ4v) is 4.62. The van der Waals surface area contributed by atoms with Gasteiger partial charge >= 0.3 is 0 Å². The molecule has 2 amide bonds. The summed E-state index contributed by atoms with van der Waals surface area (Å²) in [5, 5.41) is 5.38. The van der Waals surface area contributed by atoms with E-state index in [1.54, 1.807) is 0 Å². The van der Waals surface area contributed by atoms with Gasteiger partial charge in [-0.05, 0) is 42.8 Å². The van der Waals surface area contributed by atoms with Crippen LogP contribution in [0.5, 0.6) is 0 Å². The van der Waals surface area contributed by atoms with Gasteiger partial charge < -0.3 is 10.6 Å². The van der Waals surface area contributed by atoms with Gasteiger partial charge in [-0.25, -0.2) is 12.4 Å². The highest BCUT2D eigenvalue weighted by molar-refractivity contribution is 7.90. The molecule has 1 aromatic heterocycles. The van der Waals surface area contributed by atoms with Gasteiger partial charge in [0.2, 0.25) is 0 Å². The highest BCUT2D eigenvalue weighted by Gasteiger charge is 2.30. The van der Waals surface area contributed by atoms with Gasteiger partial charge in [0.1, 0.15) is 10.6 Å². The van der Waals surface area contributed by atoms with E-state index in [2.05, 4.69) is 10.6 Å². The van der Waals surface area contributed by atoms with Crippen LogP contribution in [0, 0.1) is 6.92 Å². The average molecular weight is 395 g/mol. The average Bonchev–Trinajstić information content (AvgIpc) is 3.14. The Morgan fingerprint density at radius 3 is 2.71 bits per heavy atom. The van der Waals surface area contributed by atoms with Gasteiger partial charge in [0, 0.05) is 18.3 Å². The van der Waals surface area contributed by atoms with Crippen LogP contribution < -0.4 is 10.6 Å². The Balaban J connectivity index is 1.63. The van der Waals surface area contributed by atoms with Crippen LogP contribution in [0.1, 0.15) is 32.0 Å². The Labute approximate surface area is 162 Å². The predicted molar refractivity (Wildman–Crippen MR) is 104 cm³/mol. The first-order valence-corrected chi connectivity index (χ1v) is 10.0. The molecule has 8 heteroatoms. The number of nitrogens with zero attached hydrogens (tertiary/aromatic N) is 1. The smallest absolute Gasteiger partial charge is 0.273 e. The molecular formula is C20H17N3O4S. The minimum Gasteiger partial charge on any atom is -0.348 e. The van der Waals surface area contributed by atoms with Crippen molar-refractivity contribution in [3.8, 4) is 0 Å². The van der Waals surface area contributed by atoms with E-state index in [4.69, 9.17) is 0 Å². The Kier molecular flexibility index (Phi) is 4.27. The van der Waals surface area contributed by atoms with Crippen LogP contribution >= 0.6 is 0 Å². The molecule has 2 aromatic carbocycles. The van der Waals surface area contributed by atoms with Gasteiger partial charge in [-0.15, -0.1) is 0 Å². The van der Waals surface area contributed by atoms with Crippen LogP contribution in [0.2, 0.25) is 0 Å². The molecular weight excluding hydrogens is 378 g/mol. The highest BCUT2D eigenvalue weighted by atomic mass is 32.2. The maximum atomic E-state index is 12.8. The molecule has 1 aliphatic heterocycles. The van der Waals surface area contributed by atoms with E-state index in [0.29, 0.717) is 6.54 Å². The zero-order chi connectivity index (χ0) is 19.9. The summed E-state index contributed by atoms with van der Waals surface area (Å²) in [6.45, 7) is 2.31. The van der Waals surface area contributed by atoms with E-state index >= 15 is 0 Å². The Hall–Kier alpha value is -3.39. The van der Waals surface area contributed by atoms with Gasteiger partial charge in [-0.1, -0.05) is 29.8 Å². The van der Waals surface area contributed by atoms with Crippen molar-refractivity contribution in [1.82, 2.24) is 9.29 Å². The number of hydrogen-bond donors (Lipinski definition) is 2. The van der Waals surface area contributed by atoms with E-state index in [1.807, 2.05) is 31.2 Å². The summed E-state index contributed by atoms with van der Waals surface area (Å²) >= 11 is 0. The Bertz CT molecular complexity index is 1210. The number of rotatable bonds is 3. The van der Waals surface area contributed by atoms with Crippen LogP contribution in [-0.4, -0.2) is 24.2 Å². The lowest BCUT2D eigenvalue weighted by atomic mass is 10.1. The number of fused-ring (bicyclic) bond motifs is 2. The number of benzene rings is 2. The molecule has 0 saturated heterocycles. The molecule has 0 fully saturated rings. The minimum atomic E-state index is -3.93. The van der Waals surface area contributed by atoms with Crippen LogP contribution in [0.15, 0.2) is 65.7 Å². The summed E-state index contributed by atoms with van der Waals surface area (Å²) in [5.74, 6) is -0.913. The van der Waals surface area contributed by atoms with Crippen molar-refractivity contribution in [2.24, 2.45) is 0 Å². The molecule has 7 nitrogen and oxygen atoms in total. The molecule has 0 aliphatic carbocycles. The summed E-state index contributed by atoms with van der Waals surface area (Å²) in [7, 11) is -3.93. The van der Waals surface area contributed by atoms with Gasteiger partial charge in [-0.3, -0.25) is 9.59 Å². The van der Waals surface area contributed by atoms with Gasteiger partial charge in [-0.2, -0.15) is 0 Å². The molecule has 28 heavy (non-hydrogen) atoms. The minimum absolute atomic E-state index is 0.0154. The second-order valence-electron chi connectivity index (χ2n) is 6.53. The maximum absolute atomic E-state index is 12.8. The third kappa shape index (κ3) is 3.07. The molecule has 0 spiro atoms. The quantitative estimate of drug-likeness (QED) is 0.712. The number of hydrogen-bond acceptors (Lipinski definition) is 4. The summed E-state index contributed by atoms with van der Waals surface area (Å²) in [6, 6.07) is 14.8. The van der Waals surface area contributed by atoms with Crippen molar-refractivity contribution in [3.05, 3.63) is 83.2 Å². The summed E-state index contributed by atoms with van der Waals surface area (Å²) in [6.07, 6.45) is 1.32. The summed E-state index contributed by atoms with van der Waals surface area (Å²) < 4.78 is 26.6. The number of carbonyl (C=O) groups excluding carboxylic acids is 2. The van der Waals surface area contributed by atoms with Crippen molar-refractivity contribution in [2.45, 2.75) is 18.4 Å². The second-order valence-corrected chi connectivity index (χ2v) is 8.31. The van der Waals surface area contributed by atoms with E-state index in [1.165, 1.54) is 36.5 Å². The Morgan fingerprint density at radius 1 is 1.11 bits per heavy atom. The summed E-state index contributed by atoms with van der Waals surface area (Å²) in [5.41, 5.74) is 2.40. The van der Waals surface area contributed by atoms with Crippen molar-refractivity contribution in [1.29, 1.82) is 0 Å². The van der Waals surface area contributed by atoms with E-state index in [0.717, 1.165) is 15.1 Å².